The highest BCUT2D eigenvalue weighted by molar-refractivity contribution is 14.1. The molecule has 0 aliphatic carbocycles. The summed E-state index contributed by atoms with van der Waals surface area (Å²) in [6.45, 7) is 2.85. The number of fused-ring (bicyclic) bond motifs is 1. The van der Waals surface area contributed by atoms with E-state index in [1.165, 1.54) is 77.4 Å². The van der Waals surface area contributed by atoms with Crippen LogP contribution >= 0.6 is 38.5 Å². The molecule has 0 bridgehead atoms. The first-order chi connectivity index (χ1) is 30.6. The van der Waals surface area contributed by atoms with Crippen LogP contribution in [0.4, 0.5) is 17.6 Å². The van der Waals surface area contributed by atoms with Crippen molar-refractivity contribution in [1.82, 2.24) is 9.55 Å². The van der Waals surface area contributed by atoms with Crippen LogP contribution < -0.4 is 4.65 Å². The summed E-state index contributed by atoms with van der Waals surface area (Å²) in [5.41, 5.74) is 12.3. The molecule has 0 aliphatic heterocycles. The second kappa shape index (κ2) is 23.4. The van der Waals surface area contributed by atoms with Crippen molar-refractivity contribution in [3.05, 3.63) is 238 Å². The van der Waals surface area contributed by atoms with Crippen LogP contribution in [0.2, 0.25) is 0 Å². The molecule has 2 heterocycles. The molecule has 0 aliphatic rings. The molecule has 315 valence electrons. The van der Waals surface area contributed by atoms with Crippen molar-refractivity contribution in [2.75, 3.05) is 0 Å². The highest BCUT2D eigenvalue weighted by Gasteiger charge is 2.08. The molecule has 0 amide bonds. The molecule has 0 fully saturated rings. The van der Waals surface area contributed by atoms with Gasteiger partial charge in [0.15, 0.2) is 0 Å². The number of halogens is 6. The van der Waals surface area contributed by atoms with Crippen molar-refractivity contribution in [3.8, 4) is 39.1 Å². The third-order valence-electron chi connectivity index (χ3n) is 9.59. The highest BCUT2D eigenvalue weighted by atomic mass is 127. The molecule has 0 saturated carbocycles. The van der Waals surface area contributed by atoms with Gasteiger partial charge in [-0.05, 0) is 147 Å². The molecule has 1 N–H and O–H groups in total. The zero-order valence-electron chi connectivity index (χ0n) is 34.0. The number of aromatic nitrogens is 2. The summed E-state index contributed by atoms with van der Waals surface area (Å²) in [7, 11) is 0.549. The summed E-state index contributed by atoms with van der Waals surface area (Å²) in [4.78, 5) is 4.44. The molecular formula is C52H40BBrF4IN2O2. The lowest BCUT2D eigenvalue weighted by molar-refractivity contribution is 0.453. The molecule has 7 aromatic carbocycles. The van der Waals surface area contributed by atoms with Gasteiger partial charge in [-0.3, -0.25) is 4.98 Å². The predicted octanol–water partition coefficient (Wildman–Crippen LogP) is 14.4. The van der Waals surface area contributed by atoms with Gasteiger partial charge in [0.2, 0.25) is 0 Å². The minimum atomic E-state index is -0.328. The van der Waals surface area contributed by atoms with Crippen LogP contribution in [0.3, 0.4) is 0 Å². The van der Waals surface area contributed by atoms with Crippen LogP contribution in [0.1, 0.15) is 16.7 Å². The Labute approximate surface area is 387 Å². The summed E-state index contributed by atoms with van der Waals surface area (Å²) in [5.74, 6) is -0.524. The fourth-order valence-electron chi connectivity index (χ4n) is 6.24. The first kappa shape index (κ1) is 46.5. The predicted molar refractivity (Wildman–Crippen MR) is 259 cm³/mol. The van der Waals surface area contributed by atoms with Gasteiger partial charge < -0.3 is 14.2 Å². The Morgan fingerprint density at radius 2 is 0.937 bits per heavy atom. The van der Waals surface area contributed by atoms with Gasteiger partial charge in [0.05, 0.1) is 9.09 Å². The number of nitrogens with zero attached hydrogens (tertiary/aromatic N) is 2. The summed E-state index contributed by atoms with van der Waals surface area (Å²) < 4.78 is 58.5. The van der Waals surface area contributed by atoms with Crippen molar-refractivity contribution < 1.29 is 27.2 Å². The monoisotopic (exact) mass is 1020 g/mol. The van der Waals surface area contributed by atoms with E-state index in [1.54, 1.807) is 36.4 Å². The number of rotatable bonds is 8. The first-order valence-electron chi connectivity index (χ1n) is 19.6. The van der Waals surface area contributed by atoms with Crippen molar-refractivity contribution in [3.63, 3.8) is 0 Å². The van der Waals surface area contributed by atoms with E-state index in [9.17, 15) is 17.6 Å². The third-order valence-corrected chi connectivity index (χ3v) is 11.0. The molecule has 0 unspecified atom stereocenters. The average molecular weight is 1020 g/mol. The van der Waals surface area contributed by atoms with E-state index < -0.39 is 0 Å². The summed E-state index contributed by atoms with van der Waals surface area (Å²) >= 11 is 5.72. The SMILES string of the molecule is Cc1ccc(-c2ccc(F)cc2)cc1.Fc1ccc(-c2ccc(CBr)cc2)cc1.Fc1ccc(-c2ccc(Cn3cc(I)c4ncccc43)cc2)cc1.O[B]Oc1ccc(F)cc1. The Bertz CT molecular complexity index is 2730. The van der Waals surface area contributed by atoms with E-state index in [0.717, 1.165) is 59.9 Å². The topological polar surface area (TPSA) is 47.3 Å². The lowest BCUT2D eigenvalue weighted by Crippen LogP contribution is -1.99. The van der Waals surface area contributed by atoms with Gasteiger partial charge in [-0.15, -0.1) is 0 Å². The Balaban J connectivity index is 0.000000148. The minimum absolute atomic E-state index is 0.194. The lowest BCUT2D eigenvalue weighted by Gasteiger charge is -2.07. The fourth-order valence-corrected chi connectivity index (χ4v) is 7.37. The zero-order chi connectivity index (χ0) is 44.6. The molecule has 9 rings (SSSR count). The highest BCUT2D eigenvalue weighted by Crippen LogP contribution is 2.25. The van der Waals surface area contributed by atoms with Gasteiger partial charge in [-0.1, -0.05) is 131 Å². The van der Waals surface area contributed by atoms with Gasteiger partial charge in [0.1, 0.15) is 34.5 Å². The van der Waals surface area contributed by atoms with Gasteiger partial charge in [0.25, 0.3) is 0 Å². The first-order valence-corrected chi connectivity index (χ1v) is 21.8. The number of aryl methyl sites for hydroxylation is 1. The average Bonchev–Trinajstić information content (AvgIpc) is 3.63. The van der Waals surface area contributed by atoms with Gasteiger partial charge in [-0.25, -0.2) is 17.6 Å². The second-order valence-corrected chi connectivity index (χ2v) is 15.8. The molecule has 1 radical (unpaired) electrons. The number of alkyl halides is 1. The number of hydrogen-bond donors (Lipinski definition) is 1. The molecule has 0 atom stereocenters. The van der Waals surface area contributed by atoms with E-state index in [0.29, 0.717) is 13.4 Å². The van der Waals surface area contributed by atoms with Crippen molar-refractivity contribution >= 4 is 57.2 Å². The van der Waals surface area contributed by atoms with E-state index >= 15 is 0 Å². The zero-order valence-corrected chi connectivity index (χ0v) is 37.7. The normalized spacial score (nSPS) is 10.3. The van der Waals surface area contributed by atoms with Crippen LogP contribution in [0.25, 0.3) is 44.4 Å². The summed E-state index contributed by atoms with van der Waals surface area (Å²) in [6, 6.07) is 53.9. The molecule has 0 saturated heterocycles. The third kappa shape index (κ3) is 14.0. The van der Waals surface area contributed by atoms with Crippen molar-refractivity contribution in [2.45, 2.75) is 18.8 Å². The van der Waals surface area contributed by atoms with E-state index in [2.05, 4.69) is 120 Å². The molecule has 11 heteroatoms. The quantitative estimate of drug-likeness (QED) is 0.0714. The van der Waals surface area contributed by atoms with Crippen LogP contribution in [-0.4, -0.2) is 22.3 Å². The van der Waals surface area contributed by atoms with Gasteiger partial charge in [0, 0.05) is 24.3 Å². The number of benzene rings is 7. The maximum atomic E-state index is 13.0. The molecular weight excluding hydrogens is 978 g/mol. The molecule has 9 aromatic rings. The molecule has 2 aromatic heterocycles. The van der Waals surface area contributed by atoms with Crippen LogP contribution in [-0.2, 0) is 11.9 Å². The maximum absolute atomic E-state index is 13.0. The molecule has 63 heavy (non-hydrogen) atoms. The Morgan fingerprint density at radius 3 is 1.35 bits per heavy atom. The Morgan fingerprint density at radius 1 is 0.556 bits per heavy atom. The Hall–Kier alpha value is -6.02. The largest absolute Gasteiger partial charge is 0.569 e. The lowest BCUT2D eigenvalue weighted by atomic mass is 10.0. The number of pyridine rings is 1. The van der Waals surface area contributed by atoms with Crippen molar-refractivity contribution in [1.29, 1.82) is 0 Å². The van der Waals surface area contributed by atoms with Crippen molar-refractivity contribution in [2.24, 2.45) is 0 Å². The van der Waals surface area contributed by atoms with Gasteiger partial charge in [-0.2, -0.15) is 0 Å². The molecule has 0 spiro atoms. The van der Waals surface area contributed by atoms with Crippen LogP contribution in [0, 0.1) is 33.8 Å². The van der Waals surface area contributed by atoms with Gasteiger partial charge >= 0.3 is 7.69 Å². The number of hydrogen-bond acceptors (Lipinski definition) is 3. The second-order valence-electron chi connectivity index (χ2n) is 14.1. The Kier molecular flexibility index (Phi) is 17.3. The maximum Gasteiger partial charge on any atom is 0.569 e. The van der Waals surface area contributed by atoms with Crippen LogP contribution in [0.15, 0.2) is 194 Å². The smallest absolute Gasteiger partial charge is 0.537 e. The standard InChI is InChI=1S/C20H14FIN2.C13H10BrF.C13H11F.C6H5BFO2/c21-17-9-7-16(8-10-17)15-5-3-14(4-6-15)12-24-13-18(22)20-19(24)2-1-11-23-20;14-9-10-1-3-11(4-2-10)12-5-7-13(15)8-6-12;1-10-2-4-11(5-3-10)12-6-8-13(14)9-7-12;8-5-1-3-6(4-2-5)10-7-9/h1-11,13H,12H2;1-8H,9H2;2-9H,1H3;1-4,9H. The minimum Gasteiger partial charge on any atom is -0.537 e. The summed E-state index contributed by atoms with van der Waals surface area (Å²) in [6.07, 6.45) is 3.96. The van der Waals surface area contributed by atoms with Crippen LogP contribution in [0.5, 0.6) is 5.75 Å². The molecule has 4 nitrogen and oxygen atoms in total. The van der Waals surface area contributed by atoms with E-state index in [4.69, 9.17) is 5.02 Å². The van der Waals surface area contributed by atoms with E-state index in [-0.39, 0.29) is 23.3 Å². The van der Waals surface area contributed by atoms with E-state index in [1.807, 2.05) is 36.5 Å². The fraction of sp³-hybridized carbons (Fsp3) is 0.0577. The summed E-state index contributed by atoms with van der Waals surface area (Å²) in [5, 5.41) is 9.01.